The fraction of sp³-hybridized carbons (Fsp3) is 0.400. The van der Waals surface area contributed by atoms with Gasteiger partial charge >= 0.3 is 6.09 Å². The molecule has 98 valence electrons. The molecule has 0 spiro atoms. The van der Waals surface area contributed by atoms with Crippen LogP contribution in [0.15, 0.2) is 6.20 Å². The van der Waals surface area contributed by atoms with Crippen molar-refractivity contribution in [1.82, 2.24) is 15.3 Å². The number of nitrogens with one attached hydrogen (secondary N) is 2. The lowest BCUT2D eigenvalue weighted by molar-refractivity contribution is 0.158. The molecule has 0 fully saturated rings. The zero-order chi connectivity index (χ0) is 13.5. The number of anilines is 1. The van der Waals surface area contributed by atoms with Crippen molar-refractivity contribution in [2.24, 2.45) is 0 Å². The third kappa shape index (κ3) is 4.13. The Bertz CT molecular complexity index is 453. The Morgan fingerprint density at radius 3 is 2.89 bits per heavy atom. The largest absolute Gasteiger partial charge is 0.491 e. The predicted octanol–water partition coefficient (Wildman–Crippen LogP) is 1.24. The molecule has 1 heterocycles. The van der Waals surface area contributed by atoms with Crippen LogP contribution in [-0.4, -0.2) is 34.9 Å². The number of aromatic nitrogens is 2. The van der Waals surface area contributed by atoms with Crippen molar-refractivity contribution in [2.75, 3.05) is 19.0 Å². The van der Waals surface area contributed by atoms with Crippen LogP contribution < -0.4 is 15.4 Å². The Balaban J connectivity index is 2.69. The summed E-state index contributed by atoms with van der Waals surface area (Å²) in [4.78, 5) is 19.2. The third-order valence-corrected chi connectivity index (χ3v) is 2.02. The Morgan fingerprint density at radius 2 is 2.28 bits per heavy atom. The summed E-state index contributed by atoms with van der Waals surface area (Å²) < 4.78 is 9.75. The van der Waals surface area contributed by atoms with Crippen molar-refractivity contribution < 1.29 is 14.3 Å². The predicted molar refractivity (Wildman–Crippen MR) is 69.7 cm³/mol. The quantitative estimate of drug-likeness (QED) is 0.799. The topological polar surface area (TPSA) is 85.4 Å². The minimum Gasteiger partial charge on any atom is -0.491 e. The van der Waals surface area contributed by atoms with Crippen LogP contribution in [0.2, 0.25) is 0 Å². The van der Waals surface area contributed by atoms with E-state index >= 15 is 0 Å². The number of amides is 1. The van der Waals surface area contributed by atoms with E-state index in [0.29, 0.717) is 17.4 Å². The van der Waals surface area contributed by atoms with Gasteiger partial charge in [0, 0.05) is 0 Å². The van der Waals surface area contributed by atoms with E-state index in [2.05, 4.69) is 25.3 Å². The molecule has 7 nitrogen and oxygen atoms in total. The van der Waals surface area contributed by atoms with Gasteiger partial charge in [0.1, 0.15) is 5.82 Å². The van der Waals surface area contributed by atoms with Gasteiger partial charge in [-0.05, 0) is 26.1 Å². The summed E-state index contributed by atoms with van der Waals surface area (Å²) in [6, 6.07) is 0. The molecule has 2 N–H and O–H groups in total. The van der Waals surface area contributed by atoms with Crippen molar-refractivity contribution in [3.63, 3.8) is 0 Å². The van der Waals surface area contributed by atoms with Crippen LogP contribution in [0.1, 0.15) is 12.7 Å². The maximum Gasteiger partial charge on any atom is 0.413 e. The first-order chi connectivity index (χ1) is 8.56. The van der Waals surface area contributed by atoms with Crippen LogP contribution >= 0.6 is 12.2 Å². The third-order valence-electron chi connectivity index (χ3n) is 1.82. The van der Waals surface area contributed by atoms with Gasteiger partial charge in [0.05, 0.1) is 19.9 Å². The second-order valence-corrected chi connectivity index (χ2v) is 3.54. The van der Waals surface area contributed by atoms with Crippen molar-refractivity contribution in [3.05, 3.63) is 12.0 Å². The van der Waals surface area contributed by atoms with Crippen LogP contribution in [0.5, 0.6) is 5.75 Å². The lowest BCUT2D eigenvalue weighted by Gasteiger charge is -2.11. The van der Waals surface area contributed by atoms with Gasteiger partial charge in [-0.15, -0.1) is 0 Å². The maximum absolute atomic E-state index is 11.1. The molecule has 0 unspecified atom stereocenters. The second-order valence-electron chi connectivity index (χ2n) is 3.13. The van der Waals surface area contributed by atoms with E-state index in [-0.39, 0.29) is 11.7 Å². The maximum atomic E-state index is 11.1. The first kappa shape index (κ1) is 14.1. The van der Waals surface area contributed by atoms with Crippen LogP contribution in [-0.2, 0) is 4.74 Å². The Kier molecular flexibility index (Phi) is 5.25. The van der Waals surface area contributed by atoms with Gasteiger partial charge in [0.15, 0.2) is 16.7 Å². The highest BCUT2D eigenvalue weighted by molar-refractivity contribution is 7.80. The Labute approximate surface area is 110 Å². The van der Waals surface area contributed by atoms with E-state index in [9.17, 15) is 4.79 Å². The molecule has 0 saturated carbocycles. The van der Waals surface area contributed by atoms with Crippen LogP contribution in [0.25, 0.3) is 0 Å². The molecule has 1 amide bonds. The first-order valence-corrected chi connectivity index (χ1v) is 5.60. The highest BCUT2D eigenvalue weighted by Gasteiger charge is 2.10. The molecule has 1 aromatic rings. The molecule has 0 aliphatic heterocycles. The lowest BCUT2D eigenvalue weighted by Crippen LogP contribution is -2.34. The average molecular weight is 270 g/mol. The van der Waals surface area contributed by atoms with Gasteiger partial charge in [-0.2, -0.15) is 0 Å². The number of rotatable bonds is 3. The molecule has 8 heteroatoms. The van der Waals surface area contributed by atoms with E-state index in [1.54, 1.807) is 13.8 Å². The average Bonchev–Trinajstić information content (AvgIpc) is 2.29. The number of hydrogen-bond donors (Lipinski definition) is 2. The van der Waals surface area contributed by atoms with E-state index in [4.69, 9.17) is 17.0 Å². The molecule has 0 saturated heterocycles. The van der Waals surface area contributed by atoms with Crippen LogP contribution in [0, 0.1) is 6.92 Å². The van der Waals surface area contributed by atoms with E-state index in [1.807, 2.05) is 0 Å². The van der Waals surface area contributed by atoms with Crippen molar-refractivity contribution in [2.45, 2.75) is 13.8 Å². The van der Waals surface area contributed by atoms with Gasteiger partial charge in [-0.1, -0.05) is 0 Å². The second kappa shape index (κ2) is 6.70. The number of methoxy groups -OCH3 is 1. The van der Waals surface area contributed by atoms with Gasteiger partial charge < -0.3 is 14.8 Å². The number of ether oxygens (including phenoxy) is 2. The zero-order valence-electron chi connectivity index (χ0n) is 10.3. The minimum atomic E-state index is -0.625. The standard InChI is InChI=1S/C10H14N4O3S/c1-4-17-10(15)14-9(18)13-8-7(16-3)5-11-6(2)12-8/h5H,4H2,1-3H3,(H2,11,12,13,14,15,18). The number of nitrogens with zero attached hydrogens (tertiary/aromatic N) is 2. The fourth-order valence-corrected chi connectivity index (χ4v) is 1.28. The van der Waals surface area contributed by atoms with Gasteiger partial charge in [-0.3, -0.25) is 5.32 Å². The lowest BCUT2D eigenvalue weighted by atomic mass is 10.5. The van der Waals surface area contributed by atoms with Crippen LogP contribution in [0.3, 0.4) is 0 Å². The minimum absolute atomic E-state index is 0.0739. The molecule has 0 aliphatic carbocycles. The Hall–Kier alpha value is -1.96. The molecular weight excluding hydrogens is 256 g/mol. The van der Waals surface area contributed by atoms with Crippen molar-refractivity contribution >= 4 is 29.2 Å². The van der Waals surface area contributed by atoms with Gasteiger partial charge in [0.25, 0.3) is 0 Å². The summed E-state index contributed by atoms with van der Waals surface area (Å²) in [5.74, 6) is 1.36. The fourth-order valence-electron chi connectivity index (χ4n) is 1.10. The number of carbonyl (C=O) groups is 1. The number of aryl methyl sites for hydroxylation is 1. The van der Waals surface area contributed by atoms with E-state index in [0.717, 1.165) is 0 Å². The summed E-state index contributed by atoms with van der Waals surface area (Å²) in [5, 5.41) is 5.15. The zero-order valence-corrected chi connectivity index (χ0v) is 11.1. The summed E-state index contributed by atoms with van der Waals surface area (Å²) in [7, 11) is 1.49. The summed E-state index contributed by atoms with van der Waals surface area (Å²) in [6.07, 6.45) is 0.886. The van der Waals surface area contributed by atoms with Crippen molar-refractivity contribution in [3.8, 4) is 5.75 Å². The first-order valence-electron chi connectivity index (χ1n) is 5.19. The van der Waals surface area contributed by atoms with Crippen molar-refractivity contribution in [1.29, 1.82) is 0 Å². The molecule has 0 atom stereocenters. The summed E-state index contributed by atoms with van der Waals surface area (Å²) in [6.45, 7) is 3.70. The monoisotopic (exact) mass is 270 g/mol. The molecule has 18 heavy (non-hydrogen) atoms. The molecule has 0 aromatic carbocycles. The van der Waals surface area contributed by atoms with Gasteiger partial charge in [-0.25, -0.2) is 14.8 Å². The number of alkyl carbamates (subject to hydrolysis) is 1. The molecule has 0 bridgehead atoms. The highest BCUT2D eigenvalue weighted by Crippen LogP contribution is 2.19. The number of hydrogen-bond acceptors (Lipinski definition) is 6. The van der Waals surface area contributed by atoms with E-state index in [1.165, 1.54) is 13.3 Å². The molecule has 1 aromatic heterocycles. The van der Waals surface area contributed by atoms with E-state index < -0.39 is 6.09 Å². The summed E-state index contributed by atoms with van der Waals surface area (Å²) >= 11 is 4.94. The summed E-state index contributed by atoms with van der Waals surface area (Å²) in [5.41, 5.74) is 0. The SMILES string of the molecule is CCOC(=O)NC(=S)Nc1nc(C)ncc1OC. The Morgan fingerprint density at radius 1 is 1.56 bits per heavy atom. The number of thiocarbonyl (C=S) groups is 1. The highest BCUT2D eigenvalue weighted by atomic mass is 32.1. The normalized spacial score (nSPS) is 9.50. The molecular formula is C10H14N4O3S. The van der Waals surface area contributed by atoms with Gasteiger partial charge in [0.2, 0.25) is 0 Å². The molecule has 0 aliphatic rings. The molecule has 0 radical (unpaired) electrons. The van der Waals surface area contributed by atoms with Crippen LogP contribution in [0.4, 0.5) is 10.6 Å². The number of carbonyl (C=O) groups excluding carboxylic acids is 1. The smallest absolute Gasteiger partial charge is 0.413 e. The molecule has 1 rings (SSSR count).